The summed E-state index contributed by atoms with van der Waals surface area (Å²) in [5.74, 6) is 1.59. The van der Waals surface area contributed by atoms with Crippen LogP contribution >= 0.6 is 23.2 Å². The van der Waals surface area contributed by atoms with Gasteiger partial charge < -0.3 is 10.7 Å². The van der Waals surface area contributed by atoms with E-state index in [9.17, 15) is 0 Å². The summed E-state index contributed by atoms with van der Waals surface area (Å²) in [4.78, 5) is 7.74. The van der Waals surface area contributed by atoms with Gasteiger partial charge in [0.05, 0.1) is 21.9 Å². The van der Waals surface area contributed by atoms with Gasteiger partial charge >= 0.3 is 0 Å². The first-order chi connectivity index (χ1) is 9.02. The van der Waals surface area contributed by atoms with Crippen LogP contribution < -0.4 is 5.73 Å². The molecule has 1 aromatic carbocycles. The number of rotatable bonds is 4. The second-order valence-electron chi connectivity index (χ2n) is 4.90. The Balaban J connectivity index is 2.32. The molecule has 0 saturated carbocycles. The first kappa shape index (κ1) is 14.4. The molecule has 1 aromatic heterocycles. The summed E-state index contributed by atoms with van der Waals surface area (Å²) in [6.07, 6.45) is 1.81. The summed E-state index contributed by atoms with van der Waals surface area (Å²) in [5, 5.41) is 1.08. The van der Waals surface area contributed by atoms with Crippen molar-refractivity contribution in [2.45, 2.75) is 19.8 Å². The fraction of sp³-hybridized carbons (Fsp3) is 0.357. The summed E-state index contributed by atoms with van der Waals surface area (Å²) < 4.78 is 0. The standard InChI is InChI=1S/C14H17Cl2N3/c1-8(2)10(6-17)14-18-7-13(19-14)9-3-4-11(15)12(16)5-9/h3-5,7-8,10H,6,17H2,1-2H3,(H,18,19). The van der Waals surface area contributed by atoms with E-state index in [1.165, 1.54) is 0 Å². The van der Waals surface area contributed by atoms with Gasteiger partial charge in [-0.2, -0.15) is 0 Å². The van der Waals surface area contributed by atoms with Gasteiger partial charge in [-0.1, -0.05) is 43.1 Å². The lowest BCUT2D eigenvalue weighted by Gasteiger charge is -2.15. The van der Waals surface area contributed by atoms with Crippen LogP contribution in [0.4, 0.5) is 0 Å². The summed E-state index contributed by atoms with van der Waals surface area (Å²) in [6, 6.07) is 5.52. The second kappa shape index (κ2) is 5.95. The number of nitrogens with zero attached hydrogens (tertiary/aromatic N) is 1. The maximum absolute atomic E-state index is 6.02. The van der Waals surface area contributed by atoms with Crippen LogP contribution in [0.1, 0.15) is 25.6 Å². The van der Waals surface area contributed by atoms with Crippen molar-refractivity contribution in [3.05, 3.63) is 40.3 Å². The van der Waals surface area contributed by atoms with Gasteiger partial charge in [-0.05, 0) is 18.1 Å². The number of hydrogen-bond donors (Lipinski definition) is 2. The molecular weight excluding hydrogens is 281 g/mol. The highest BCUT2D eigenvalue weighted by Crippen LogP contribution is 2.29. The first-order valence-electron chi connectivity index (χ1n) is 6.23. The zero-order valence-corrected chi connectivity index (χ0v) is 12.5. The van der Waals surface area contributed by atoms with Crippen LogP contribution in [0.5, 0.6) is 0 Å². The molecule has 0 aliphatic heterocycles. The summed E-state index contributed by atoms with van der Waals surface area (Å²) in [5.41, 5.74) is 7.69. The molecule has 5 heteroatoms. The SMILES string of the molecule is CC(C)C(CN)c1ncc(-c2ccc(Cl)c(Cl)c2)[nH]1. The minimum absolute atomic E-state index is 0.233. The van der Waals surface area contributed by atoms with E-state index in [1.807, 2.05) is 12.1 Å². The molecule has 2 aromatic rings. The fourth-order valence-electron chi connectivity index (χ4n) is 2.03. The van der Waals surface area contributed by atoms with Crippen molar-refractivity contribution < 1.29 is 0 Å². The van der Waals surface area contributed by atoms with Crippen LogP contribution in [0.2, 0.25) is 10.0 Å². The van der Waals surface area contributed by atoms with E-state index in [2.05, 4.69) is 23.8 Å². The Kier molecular flexibility index (Phi) is 4.50. The number of aromatic amines is 1. The Morgan fingerprint density at radius 2 is 2.00 bits per heavy atom. The van der Waals surface area contributed by atoms with Crippen LogP contribution in [0.3, 0.4) is 0 Å². The van der Waals surface area contributed by atoms with Crippen LogP contribution in [0.25, 0.3) is 11.3 Å². The smallest absolute Gasteiger partial charge is 0.111 e. The van der Waals surface area contributed by atoms with Crippen molar-refractivity contribution >= 4 is 23.2 Å². The lowest BCUT2D eigenvalue weighted by Crippen LogP contribution is -2.19. The van der Waals surface area contributed by atoms with Gasteiger partial charge in [0.15, 0.2) is 0 Å². The van der Waals surface area contributed by atoms with Crippen molar-refractivity contribution in [1.82, 2.24) is 9.97 Å². The lowest BCUT2D eigenvalue weighted by atomic mass is 9.95. The van der Waals surface area contributed by atoms with Gasteiger partial charge in [0.1, 0.15) is 5.82 Å². The van der Waals surface area contributed by atoms with Gasteiger partial charge in [-0.15, -0.1) is 0 Å². The number of nitrogens with one attached hydrogen (secondary N) is 1. The van der Waals surface area contributed by atoms with Crippen LogP contribution in [-0.2, 0) is 0 Å². The third-order valence-corrected chi connectivity index (χ3v) is 3.97. The van der Waals surface area contributed by atoms with Crippen molar-refractivity contribution in [2.24, 2.45) is 11.7 Å². The topological polar surface area (TPSA) is 54.7 Å². The molecule has 0 aliphatic carbocycles. The monoisotopic (exact) mass is 297 g/mol. The molecule has 1 atom stereocenters. The zero-order valence-electron chi connectivity index (χ0n) is 11.0. The number of aromatic nitrogens is 2. The molecule has 0 amide bonds. The Morgan fingerprint density at radius 1 is 1.26 bits per heavy atom. The highest BCUT2D eigenvalue weighted by Gasteiger charge is 2.17. The van der Waals surface area contributed by atoms with Gasteiger partial charge in [0.2, 0.25) is 0 Å². The molecule has 2 rings (SSSR count). The van der Waals surface area contributed by atoms with Gasteiger partial charge in [-0.3, -0.25) is 0 Å². The first-order valence-corrected chi connectivity index (χ1v) is 6.99. The number of benzene rings is 1. The fourth-order valence-corrected chi connectivity index (χ4v) is 2.33. The van der Waals surface area contributed by atoms with E-state index in [0.717, 1.165) is 17.1 Å². The predicted octanol–water partition coefficient (Wildman–Crippen LogP) is 4.08. The third-order valence-electron chi connectivity index (χ3n) is 3.24. The largest absolute Gasteiger partial charge is 0.342 e. The average Bonchev–Trinajstić information content (AvgIpc) is 2.82. The number of nitrogens with two attached hydrogens (primary N) is 1. The van der Waals surface area contributed by atoms with Crippen molar-refractivity contribution in [3.63, 3.8) is 0 Å². The zero-order chi connectivity index (χ0) is 14.0. The van der Waals surface area contributed by atoms with Crippen molar-refractivity contribution in [1.29, 1.82) is 0 Å². The van der Waals surface area contributed by atoms with Gasteiger partial charge in [0.25, 0.3) is 0 Å². The predicted molar refractivity (Wildman–Crippen MR) is 80.7 cm³/mol. The summed E-state index contributed by atoms with van der Waals surface area (Å²) >= 11 is 11.9. The molecule has 3 N–H and O–H groups in total. The van der Waals surface area contributed by atoms with Crippen LogP contribution in [-0.4, -0.2) is 16.5 Å². The lowest BCUT2D eigenvalue weighted by molar-refractivity contribution is 0.487. The van der Waals surface area contributed by atoms with Gasteiger partial charge in [-0.25, -0.2) is 4.98 Å². The number of H-pyrrole nitrogens is 1. The molecular formula is C14H17Cl2N3. The molecule has 0 bridgehead atoms. The molecule has 19 heavy (non-hydrogen) atoms. The van der Waals surface area contributed by atoms with Gasteiger partial charge in [0, 0.05) is 18.0 Å². The van der Waals surface area contributed by atoms with E-state index in [-0.39, 0.29) is 5.92 Å². The highest BCUT2D eigenvalue weighted by molar-refractivity contribution is 6.42. The molecule has 3 nitrogen and oxygen atoms in total. The molecule has 102 valence electrons. The maximum Gasteiger partial charge on any atom is 0.111 e. The van der Waals surface area contributed by atoms with E-state index in [1.54, 1.807) is 12.3 Å². The quantitative estimate of drug-likeness (QED) is 0.893. The molecule has 1 unspecified atom stereocenters. The third kappa shape index (κ3) is 3.11. The summed E-state index contributed by atoms with van der Waals surface area (Å²) in [6.45, 7) is 4.85. The van der Waals surface area contributed by atoms with Crippen LogP contribution in [0, 0.1) is 5.92 Å². The van der Waals surface area contributed by atoms with Crippen molar-refractivity contribution in [3.8, 4) is 11.3 Å². The normalized spacial score (nSPS) is 12.9. The molecule has 0 radical (unpaired) electrons. The Labute approximate surface area is 123 Å². The number of halogens is 2. The Bertz CT molecular complexity index is 564. The highest BCUT2D eigenvalue weighted by atomic mass is 35.5. The van der Waals surface area contributed by atoms with E-state index in [0.29, 0.717) is 22.5 Å². The molecule has 0 saturated heterocycles. The Morgan fingerprint density at radius 3 is 2.58 bits per heavy atom. The second-order valence-corrected chi connectivity index (χ2v) is 5.71. The van der Waals surface area contributed by atoms with E-state index >= 15 is 0 Å². The minimum Gasteiger partial charge on any atom is -0.342 e. The number of imidazole rings is 1. The average molecular weight is 298 g/mol. The van der Waals surface area contributed by atoms with E-state index in [4.69, 9.17) is 28.9 Å². The Hall–Kier alpha value is -1.03. The molecule has 0 fully saturated rings. The molecule has 0 aliphatic rings. The van der Waals surface area contributed by atoms with Crippen LogP contribution in [0.15, 0.2) is 24.4 Å². The van der Waals surface area contributed by atoms with Crippen molar-refractivity contribution in [2.75, 3.05) is 6.54 Å². The number of hydrogen-bond acceptors (Lipinski definition) is 2. The molecule has 0 spiro atoms. The molecule has 1 heterocycles. The van der Waals surface area contributed by atoms with E-state index < -0.39 is 0 Å². The maximum atomic E-state index is 6.02. The minimum atomic E-state index is 0.233. The summed E-state index contributed by atoms with van der Waals surface area (Å²) in [7, 11) is 0.